The van der Waals surface area contributed by atoms with Crippen molar-refractivity contribution < 1.29 is 57.2 Å². The van der Waals surface area contributed by atoms with Crippen LogP contribution in [-0.2, 0) is 41.5 Å². The highest BCUT2D eigenvalue weighted by atomic mass is 35.5. The zero-order valence-electron chi connectivity index (χ0n) is 40.8. The van der Waals surface area contributed by atoms with Gasteiger partial charge in [0.1, 0.15) is 0 Å². The standard InChI is InChI=1S/C46H72ClN9O12/c1-7-12-26-63-41(57)35-38(44(60)66-28-14-9-3)54(51-48-35)24-20-16-18-22-30-65-43(59)37-40(56(53-50-37)33(6)32-34(47)11-5)46(62)68-31-23-19-17-21-25-55-39(45(61)67-29-15-10-4)36(49-52-55)42(58)64-27-13-8-2/h33-34H,7-32H2,1-6H3. The van der Waals surface area contributed by atoms with Crippen LogP contribution in [0.2, 0.25) is 0 Å². The molecule has 0 radical (unpaired) electrons. The number of nitrogens with zero attached hydrogens (tertiary/aromatic N) is 9. The van der Waals surface area contributed by atoms with Crippen LogP contribution >= 0.6 is 11.6 Å². The number of unbranched alkanes of at least 4 members (excludes halogenated alkanes) is 10. The van der Waals surface area contributed by atoms with Gasteiger partial charge in [0.2, 0.25) is 17.1 Å². The van der Waals surface area contributed by atoms with Crippen molar-refractivity contribution in [1.29, 1.82) is 0 Å². The summed E-state index contributed by atoms with van der Waals surface area (Å²) in [5.41, 5.74) is -0.818. The molecule has 3 rings (SSSR count). The van der Waals surface area contributed by atoms with E-state index in [1.807, 2.05) is 41.5 Å². The Morgan fingerprint density at radius 3 is 1.15 bits per heavy atom. The molecule has 0 fully saturated rings. The Labute approximate surface area is 403 Å². The number of aromatic nitrogens is 9. The number of aryl methyl sites for hydroxylation is 2. The van der Waals surface area contributed by atoms with E-state index in [9.17, 15) is 28.8 Å². The minimum absolute atomic E-state index is 0.0413. The van der Waals surface area contributed by atoms with Gasteiger partial charge in [-0.3, -0.25) is 0 Å². The molecule has 0 aliphatic carbocycles. The van der Waals surface area contributed by atoms with E-state index in [0.29, 0.717) is 103 Å². The van der Waals surface area contributed by atoms with Gasteiger partial charge in [-0.15, -0.1) is 26.9 Å². The van der Waals surface area contributed by atoms with E-state index in [-0.39, 0.29) is 85.2 Å². The molecule has 2 atom stereocenters. The molecule has 0 saturated carbocycles. The third-order valence-corrected chi connectivity index (χ3v) is 11.2. The van der Waals surface area contributed by atoms with E-state index in [2.05, 4.69) is 30.9 Å². The van der Waals surface area contributed by atoms with Gasteiger partial charge in [-0.05, 0) is 84.0 Å². The summed E-state index contributed by atoms with van der Waals surface area (Å²) in [5, 5.41) is 23.9. The van der Waals surface area contributed by atoms with Crippen molar-refractivity contribution in [3.63, 3.8) is 0 Å². The monoisotopic (exact) mass is 977 g/mol. The lowest BCUT2D eigenvalue weighted by Crippen LogP contribution is -2.22. The van der Waals surface area contributed by atoms with E-state index < -0.39 is 35.8 Å². The fourth-order valence-electron chi connectivity index (χ4n) is 6.60. The van der Waals surface area contributed by atoms with Gasteiger partial charge in [0.05, 0.1) is 45.7 Å². The number of hydrogen-bond acceptors (Lipinski definition) is 18. The summed E-state index contributed by atoms with van der Waals surface area (Å²) < 4.78 is 36.6. The Kier molecular flexibility index (Phi) is 27.0. The SMILES string of the molecule is CCCCOC(=O)c1nnn(CCCCCCOC(=O)c2nnn(C(C)CC(Cl)CC)c2C(=O)OCCCCCCn2nnc(C(=O)OCCCC)c2C(=O)OCCCC)c1C(=O)OCCCC. The van der Waals surface area contributed by atoms with Crippen LogP contribution in [0, 0.1) is 0 Å². The number of carbonyl (C=O) groups is 6. The molecule has 3 aromatic rings. The molecule has 0 amide bonds. The van der Waals surface area contributed by atoms with Gasteiger partial charge in [0, 0.05) is 18.5 Å². The Morgan fingerprint density at radius 1 is 0.441 bits per heavy atom. The van der Waals surface area contributed by atoms with Crippen LogP contribution in [0.4, 0.5) is 0 Å². The molecule has 0 aromatic carbocycles. The Bertz CT molecular complexity index is 2020. The molecule has 0 spiro atoms. The van der Waals surface area contributed by atoms with Gasteiger partial charge in [0.25, 0.3) is 0 Å². The number of hydrogen-bond donors (Lipinski definition) is 0. The van der Waals surface area contributed by atoms with Gasteiger partial charge in [0.15, 0.2) is 17.1 Å². The molecular formula is C46H72ClN9O12. The molecule has 0 saturated heterocycles. The highest BCUT2D eigenvalue weighted by Crippen LogP contribution is 2.23. The van der Waals surface area contributed by atoms with Crippen molar-refractivity contribution >= 4 is 47.4 Å². The number of rotatable bonds is 36. The minimum Gasteiger partial charge on any atom is -0.461 e. The van der Waals surface area contributed by atoms with E-state index in [1.165, 1.54) is 14.0 Å². The van der Waals surface area contributed by atoms with Gasteiger partial charge in [-0.2, -0.15) is 0 Å². The lowest BCUT2D eigenvalue weighted by atomic mass is 10.1. The predicted molar refractivity (Wildman–Crippen MR) is 248 cm³/mol. The normalized spacial score (nSPS) is 12.0. The average Bonchev–Trinajstić information content (AvgIpc) is 4.09. The molecule has 3 aromatic heterocycles. The van der Waals surface area contributed by atoms with Gasteiger partial charge in [-0.25, -0.2) is 42.8 Å². The van der Waals surface area contributed by atoms with Gasteiger partial charge < -0.3 is 28.4 Å². The molecule has 0 bridgehead atoms. The summed E-state index contributed by atoms with van der Waals surface area (Å²) in [6.45, 7) is 13.2. The quantitative estimate of drug-likeness (QED) is 0.0231. The summed E-state index contributed by atoms with van der Waals surface area (Å²) in [6, 6.07) is -0.384. The van der Waals surface area contributed by atoms with Crippen molar-refractivity contribution in [3.05, 3.63) is 34.2 Å². The first kappa shape index (κ1) is 56.9. The summed E-state index contributed by atoms with van der Waals surface area (Å²) in [5.74, 6) is -4.42. The van der Waals surface area contributed by atoms with Crippen molar-refractivity contribution in [1.82, 2.24) is 45.0 Å². The van der Waals surface area contributed by atoms with E-state index in [4.69, 9.17) is 40.0 Å². The lowest BCUT2D eigenvalue weighted by Gasteiger charge is -2.17. The third-order valence-electron chi connectivity index (χ3n) is 10.7. The topological polar surface area (TPSA) is 250 Å². The highest BCUT2D eigenvalue weighted by molar-refractivity contribution is 6.20. The summed E-state index contributed by atoms with van der Waals surface area (Å²) >= 11 is 6.45. The van der Waals surface area contributed by atoms with Crippen LogP contribution in [0.25, 0.3) is 0 Å². The Morgan fingerprint density at radius 2 is 0.765 bits per heavy atom. The number of carbonyl (C=O) groups excluding carboxylic acids is 6. The van der Waals surface area contributed by atoms with Crippen molar-refractivity contribution in [2.75, 3.05) is 39.6 Å². The average molecular weight is 979 g/mol. The fraction of sp³-hybridized carbons (Fsp3) is 0.739. The second-order valence-corrected chi connectivity index (χ2v) is 17.0. The molecule has 22 heteroatoms. The maximum atomic E-state index is 13.6. The van der Waals surface area contributed by atoms with Crippen LogP contribution < -0.4 is 0 Å². The van der Waals surface area contributed by atoms with Gasteiger partial charge in [-0.1, -0.05) is 88.8 Å². The number of ether oxygens (including phenoxy) is 6. The van der Waals surface area contributed by atoms with E-state index in [0.717, 1.165) is 25.7 Å². The molecule has 21 nitrogen and oxygen atoms in total. The van der Waals surface area contributed by atoms with Crippen molar-refractivity contribution in [3.8, 4) is 0 Å². The van der Waals surface area contributed by atoms with E-state index in [1.54, 1.807) is 0 Å². The molecule has 0 N–H and O–H groups in total. The number of esters is 6. The molecule has 68 heavy (non-hydrogen) atoms. The van der Waals surface area contributed by atoms with Crippen LogP contribution in [0.3, 0.4) is 0 Å². The van der Waals surface area contributed by atoms with Crippen LogP contribution in [-0.4, -0.2) is 126 Å². The van der Waals surface area contributed by atoms with Crippen LogP contribution in [0.15, 0.2) is 0 Å². The number of halogens is 1. The Hall–Kier alpha value is -5.47. The van der Waals surface area contributed by atoms with Crippen LogP contribution in [0.1, 0.15) is 226 Å². The first-order valence-corrected chi connectivity index (χ1v) is 24.9. The zero-order valence-corrected chi connectivity index (χ0v) is 41.6. The Balaban J connectivity index is 1.54. The highest BCUT2D eigenvalue weighted by Gasteiger charge is 2.32. The van der Waals surface area contributed by atoms with Crippen molar-refractivity contribution in [2.45, 2.75) is 182 Å². The molecule has 0 aliphatic rings. The third kappa shape index (κ3) is 18.6. The summed E-state index contributed by atoms with van der Waals surface area (Å²) in [7, 11) is 0. The lowest BCUT2D eigenvalue weighted by molar-refractivity contribution is 0.0435. The maximum Gasteiger partial charge on any atom is 0.361 e. The molecular weight excluding hydrogens is 906 g/mol. The first-order valence-electron chi connectivity index (χ1n) is 24.4. The molecule has 3 heterocycles. The number of alkyl halides is 1. The zero-order chi connectivity index (χ0) is 49.7. The first-order chi connectivity index (χ1) is 32.9. The molecule has 380 valence electrons. The minimum atomic E-state index is -0.820. The molecule has 0 aliphatic heterocycles. The predicted octanol–water partition coefficient (Wildman–Crippen LogP) is 8.09. The van der Waals surface area contributed by atoms with E-state index >= 15 is 0 Å². The second kappa shape index (κ2) is 32.3. The van der Waals surface area contributed by atoms with Crippen molar-refractivity contribution in [2.24, 2.45) is 0 Å². The largest absolute Gasteiger partial charge is 0.461 e. The summed E-state index contributed by atoms with van der Waals surface area (Å²) in [4.78, 5) is 78.3. The fourth-order valence-corrected chi connectivity index (χ4v) is 6.85. The smallest absolute Gasteiger partial charge is 0.361 e. The van der Waals surface area contributed by atoms with Gasteiger partial charge >= 0.3 is 35.8 Å². The van der Waals surface area contributed by atoms with Crippen LogP contribution in [0.5, 0.6) is 0 Å². The maximum absolute atomic E-state index is 13.6. The second-order valence-electron chi connectivity index (χ2n) is 16.4. The summed E-state index contributed by atoms with van der Waals surface area (Å²) in [6.07, 6.45) is 12.0. The molecule has 2 unspecified atom stereocenters.